The SMILES string of the molecule is C=C(C)C(=O)OCCCC(=O)Oc1c2c3oc1cc3C(=O)O2. The zero-order chi connectivity index (χ0) is 15.9. The smallest absolute Gasteiger partial charge is 0.347 e. The lowest BCUT2D eigenvalue weighted by atomic mass is 10.2. The third-order valence-corrected chi connectivity index (χ3v) is 3.11. The van der Waals surface area contributed by atoms with Gasteiger partial charge in [-0.25, -0.2) is 9.59 Å². The molecule has 0 fully saturated rings. The minimum Gasteiger partial charge on any atom is -0.462 e. The highest BCUT2D eigenvalue weighted by molar-refractivity contribution is 6.10. The summed E-state index contributed by atoms with van der Waals surface area (Å²) in [6.07, 6.45) is 0.363. The number of hydrogen-bond acceptors (Lipinski definition) is 7. The van der Waals surface area contributed by atoms with Gasteiger partial charge < -0.3 is 18.6 Å². The molecule has 0 aliphatic carbocycles. The van der Waals surface area contributed by atoms with Gasteiger partial charge in [0.2, 0.25) is 11.5 Å². The van der Waals surface area contributed by atoms with E-state index in [1.807, 2.05) is 0 Å². The van der Waals surface area contributed by atoms with Crippen molar-refractivity contribution < 1.29 is 33.0 Å². The van der Waals surface area contributed by atoms with Crippen molar-refractivity contribution in [3.05, 3.63) is 23.8 Å². The van der Waals surface area contributed by atoms with Gasteiger partial charge in [-0.2, -0.15) is 0 Å². The van der Waals surface area contributed by atoms with Crippen molar-refractivity contribution in [2.24, 2.45) is 0 Å². The Morgan fingerprint density at radius 3 is 2.86 bits per heavy atom. The number of carbonyl (C=O) groups is 3. The molecule has 0 saturated carbocycles. The first kappa shape index (κ1) is 14.1. The molecule has 0 spiro atoms. The van der Waals surface area contributed by atoms with Crippen molar-refractivity contribution in [3.8, 4) is 11.5 Å². The first-order valence-electron chi connectivity index (χ1n) is 6.61. The van der Waals surface area contributed by atoms with Crippen molar-refractivity contribution in [3.63, 3.8) is 0 Å². The summed E-state index contributed by atoms with van der Waals surface area (Å²) in [7, 11) is 0. The van der Waals surface area contributed by atoms with E-state index in [9.17, 15) is 14.4 Å². The van der Waals surface area contributed by atoms with Crippen LogP contribution in [0.1, 0.15) is 30.1 Å². The molecule has 114 valence electrons. The molecule has 0 saturated heterocycles. The molecule has 2 aromatic heterocycles. The van der Waals surface area contributed by atoms with E-state index < -0.39 is 17.9 Å². The van der Waals surface area contributed by atoms with E-state index in [-0.39, 0.29) is 24.5 Å². The van der Waals surface area contributed by atoms with E-state index in [1.165, 1.54) is 6.07 Å². The van der Waals surface area contributed by atoms with Gasteiger partial charge in [-0.1, -0.05) is 6.58 Å². The van der Waals surface area contributed by atoms with Crippen LogP contribution >= 0.6 is 0 Å². The number of hydrogen-bond donors (Lipinski definition) is 0. The molecule has 1 aliphatic rings. The summed E-state index contributed by atoms with van der Waals surface area (Å²) in [6.45, 7) is 5.08. The summed E-state index contributed by atoms with van der Waals surface area (Å²) in [5.74, 6) is -1.27. The fraction of sp³-hybridized carbons (Fsp3) is 0.267. The Morgan fingerprint density at radius 1 is 1.36 bits per heavy atom. The number of benzene rings is 1. The summed E-state index contributed by atoms with van der Waals surface area (Å²) in [6, 6.07) is 1.48. The Kier molecular flexibility index (Phi) is 3.32. The Balaban J connectivity index is 1.52. The monoisotopic (exact) mass is 304 g/mol. The van der Waals surface area contributed by atoms with Gasteiger partial charge in [0.25, 0.3) is 0 Å². The normalized spacial score (nSPS) is 12.5. The van der Waals surface area contributed by atoms with E-state index in [2.05, 4.69) is 6.58 Å². The van der Waals surface area contributed by atoms with Crippen LogP contribution in [-0.2, 0) is 14.3 Å². The van der Waals surface area contributed by atoms with Crippen molar-refractivity contribution in [2.45, 2.75) is 19.8 Å². The van der Waals surface area contributed by atoms with Gasteiger partial charge in [0.05, 0.1) is 6.61 Å². The minimum absolute atomic E-state index is 0.0490. The molecule has 0 radical (unpaired) electrons. The van der Waals surface area contributed by atoms with Crippen LogP contribution in [0.3, 0.4) is 0 Å². The van der Waals surface area contributed by atoms with Crippen molar-refractivity contribution in [1.82, 2.24) is 0 Å². The van der Waals surface area contributed by atoms with Crippen LogP contribution in [0.2, 0.25) is 0 Å². The minimum atomic E-state index is -0.531. The predicted molar refractivity (Wildman–Crippen MR) is 73.0 cm³/mol. The molecular formula is C15H12O7. The number of carbonyl (C=O) groups excluding carboxylic acids is 3. The molecule has 2 bridgehead atoms. The number of ether oxygens (including phenoxy) is 3. The van der Waals surface area contributed by atoms with E-state index in [1.54, 1.807) is 6.92 Å². The summed E-state index contributed by atoms with van der Waals surface area (Å²) < 4.78 is 20.3. The molecule has 0 N–H and O–H groups in total. The Bertz CT molecular complexity index is 783. The highest BCUT2D eigenvalue weighted by Crippen LogP contribution is 2.49. The second kappa shape index (κ2) is 5.18. The van der Waals surface area contributed by atoms with Gasteiger partial charge in [0.1, 0.15) is 5.56 Å². The van der Waals surface area contributed by atoms with Crippen LogP contribution < -0.4 is 9.47 Å². The zero-order valence-electron chi connectivity index (χ0n) is 11.8. The molecule has 2 aromatic rings. The quantitative estimate of drug-likeness (QED) is 0.349. The van der Waals surface area contributed by atoms with Gasteiger partial charge in [-0.3, -0.25) is 4.79 Å². The van der Waals surface area contributed by atoms with Crippen LogP contribution in [0.15, 0.2) is 22.6 Å². The average Bonchev–Trinajstić information content (AvgIpc) is 3.08. The summed E-state index contributed by atoms with van der Waals surface area (Å²) in [4.78, 5) is 34.3. The van der Waals surface area contributed by atoms with Crippen LogP contribution in [0.4, 0.5) is 0 Å². The van der Waals surface area contributed by atoms with E-state index in [0.29, 0.717) is 28.7 Å². The average molecular weight is 304 g/mol. The maximum absolute atomic E-state index is 11.8. The molecule has 22 heavy (non-hydrogen) atoms. The molecule has 1 aliphatic heterocycles. The lowest BCUT2D eigenvalue weighted by Crippen LogP contribution is -2.11. The van der Waals surface area contributed by atoms with Crippen LogP contribution in [-0.4, -0.2) is 24.5 Å². The first-order valence-corrected chi connectivity index (χ1v) is 6.61. The van der Waals surface area contributed by atoms with Crippen molar-refractivity contribution in [1.29, 1.82) is 0 Å². The number of esters is 3. The molecule has 3 heterocycles. The third-order valence-electron chi connectivity index (χ3n) is 3.11. The Morgan fingerprint density at radius 2 is 2.14 bits per heavy atom. The molecular weight excluding hydrogens is 292 g/mol. The summed E-state index contributed by atoms with van der Waals surface area (Å²) >= 11 is 0. The first-order chi connectivity index (χ1) is 10.5. The lowest BCUT2D eigenvalue weighted by Gasteiger charge is -2.05. The fourth-order valence-electron chi connectivity index (χ4n) is 2.04. The van der Waals surface area contributed by atoms with Gasteiger partial charge in [-0.15, -0.1) is 0 Å². The fourth-order valence-corrected chi connectivity index (χ4v) is 2.04. The highest BCUT2D eigenvalue weighted by Gasteiger charge is 2.36. The van der Waals surface area contributed by atoms with Gasteiger partial charge in [-0.05, 0) is 13.3 Å². The van der Waals surface area contributed by atoms with Crippen molar-refractivity contribution in [2.75, 3.05) is 6.61 Å². The van der Waals surface area contributed by atoms with Crippen LogP contribution in [0.5, 0.6) is 11.5 Å². The van der Waals surface area contributed by atoms with Crippen molar-refractivity contribution >= 4 is 29.1 Å². The molecule has 0 unspecified atom stereocenters. The molecule has 7 nitrogen and oxygen atoms in total. The lowest BCUT2D eigenvalue weighted by molar-refractivity contribution is -0.141. The maximum atomic E-state index is 11.8. The van der Waals surface area contributed by atoms with E-state index >= 15 is 0 Å². The summed E-state index contributed by atoms with van der Waals surface area (Å²) in [5.41, 5.74) is 1.25. The second-order valence-electron chi connectivity index (χ2n) is 4.90. The summed E-state index contributed by atoms with van der Waals surface area (Å²) in [5, 5.41) is 0. The third kappa shape index (κ3) is 2.30. The predicted octanol–water partition coefficient (Wildman–Crippen LogP) is 2.21. The second-order valence-corrected chi connectivity index (χ2v) is 4.90. The van der Waals surface area contributed by atoms with Crippen LogP contribution in [0, 0.1) is 0 Å². The van der Waals surface area contributed by atoms with Gasteiger partial charge in [0, 0.05) is 18.1 Å². The zero-order valence-corrected chi connectivity index (χ0v) is 11.8. The molecule has 3 rings (SSSR count). The molecule has 0 atom stereocenters. The molecule has 7 heteroatoms. The molecule has 0 amide bonds. The van der Waals surface area contributed by atoms with Gasteiger partial charge >= 0.3 is 17.9 Å². The Hall–Kier alpha value is -2.83. The number of furan rings is 2. The maximum Gasteiger partial charge on any atom is 0.347 e. The number of fused-ring (bicyclic) bond motifs is 1. The molecule has 0 aromatic carbocycles. The van der Waals surface area contributed by atoms with Gasteiger partial charge in [0.15, 0.2) is 11.2 Å². The van der Waals surface area contributed by atoms with E-state index in [4.69, 9.17) is 18.6 Å². The topological polar surface area (TPSA) is 92.0 Å². The van der Waals surface area contributed by atoms with Crippen LogP contribution in [0.25, 0.3) is 11.2 Å². The Labute approximate surface area is 124 Å². The number of rotatable bonds is 6. The highest BCUT2D eigenvalue weighted by atomic mass is 16.6. The van der Waals surface area contributed by atoms with E-state index in [0.717, 1.165) is 0 Å². The largest absolute Gasteiger partial charge is 0.462 e. The standard InChI is InChI=1S/C15H12O7/c1-7(2)14(17)19-5-3-4-10(16)21-12-9-6-8-11(20-9)13(12)22-15(8)18/h6H,1,3-5H2,2H3.